The van der Waals surface area contributed by atoms with Crippen molar-refractivity contribution < 1.29 is 9.59 Å². The van der Waals surface area contributed by atoms with Gasteiger partial charge in [-0.25, -0.2) is 0 Å². The van der Waals surface area contributed by atoms with Crippen molar-refractivity contribution in [2.45, 2.75) is 49.8 Å². The smallest absolute Gasteiger partial charge is 0.251 e. The highest BCUT2D eigenvalue weighted by Gasteiger charge is 2.50. The topological polar surface area (TPSA) is 58.2 Å². The molecule has 5 aliphatic rings. The molecular weight excluding hydrogens is 344 g/mol. The van der Waals surface area contributed by atoms with Crippen LogP contribution in [-0.2, 0) is 4.79 Å². The molecule has 0 saturated heterocycles. The molecule has 4 saturated carbocycles. The molecule has 6 rings (SSSR count). The lowest BCUT2D eigenvalue weighted by molar-refractivity contribution is -0.113. The van der Waals surface area contributed by atoms with Crippen LogP contribution in [0.5, 0.6) is 0 Å². The largest absolute Gasteiger partial charge is 0.352 e. The number of hydrogen-bond donors (Lipinski definition) is 2. The van der Waals surface area contributed by atoms with Crippen molar-refractivity contribution in [3.05, 3.63) is 23.8 Å². The number of benzene rings is 1. The number of fused-ring (bicyclic) bond motifs is 1. The van der Waals surface area contributed by atoms with Gasteiger partial charge in [0.1, 0.15) is 0 Å². The first kappa shape index (κ1) is 16.7. The van der Waals surface area contributed by atoms with Crippen LogP contribution in [-0.4, -0.2) is 24.1 Å². The molecule has 138 valence electrons. The minimum atomic E-state index is -0.0256. The van der Waals surface area contributed by atoms with E-state index in [9.17, 15) is 9.59 Å². The van der Waals surface area contributed by atoms with Gasteiger partial charge in [0.2, 0.25) is 5.91 Å². The lowest BCUT2D eigenvalue weighted by atomic mass is 9.49. The van der Waals surface area contributed by atoms with Gasteiger partial charge in [0.05, 0.1) is 11.4 Å². The molecule has 4 aliphatic carbocycles. The van der Waals surface area contributed by atoms with Crippen LogP contribution in [0.2, 0.25) is 0 Å². The van der Waals surface area contributed by atoms with E-state index in [2.05, 4.69) is 10.6 Å². The quantitative estimate of drug-likeness (QED) is 0.840. The summed E-state index contributed by atoms with van der Waals surface area (Å²) < 4.78 is 0. The van der Waals surface area contributed by atoms with Crippen LogP contribution in [0.4, 0.5) is 5.69 Å². The summed E-state index contributed by atoms with van der Waals surface area (Å²) in [6.07, 6.45) is 9.67. The van der Waals surface area contributed by atoms with Crippen molar-refractivity contribution in [2.24, 2.45) is 23.2 Å². The van der Waals surface area contributed by atoms with E-state index >= 15 is 0 Å². The van der Waals surface area contributed by atoms with Crippen LogP contribution in [0.3, 0.4) is 0 Å². The van der Waals surface area contributed by atoms with Gasteiger partial charge in [-0.15, -0.1) is 11.8 Å². The average Bonchev–Trinajstić information content (AvgIpc) is 2.59. The highest BCUT2D eigenvalue weighted by molar-refractivity contribution is 8.00. The summed E-state index contributed by atoms with van der Waals surface area (Å²) in [5, 5.41) is 5.99. The van der Waals surface area contributed by atoms with Crippen LogP contribution in [0.1, 0.15) is 55.3 Å². The number of hydrogen-bond acceptors (Lipinski definition) is 3. The second-order valence-electron chi connectivity index (χ2n) is 8.97. The van der Waals surface area contributed by atoms with Crippen molar-refractivity contribution in [3.8, 4) is 0 Å². The molecule has 4 bridgehead atoms. The molecular formula is C21H26N2O2S. The second-order valence-corrected chi connectivity index (χ2v) is 9.99. The molecule has 1 heterocycles. The minimum Gasteiger partial charge on any atom is -0.352 e. The molecule has 26 heavy (non-hydrogen) atoms. The van der Waals surface area contributed by atoms with Gasteiger partial charge in [0, 0.05) is 17.0 Å². The van der Waals surface area contributed by atoms with Gasteiger partial charge in [0.15, 0.2) is 0 Å². The van der Waals surface area contributed by atoms with E-state index in [4.69, 9.17) is 0 Å². The zero-order valence-electron chi connectivity index (χ0n) is 15.1. The zero-order chi connectivity index (χ0) is 17.7. The van der Waals surface area contributed by atoms with E-state index in [0.717, 1.165) is 41.3 Å². The summed E-state index contributed by atoms with van der Waals surface area (Å²) >= 11 is 1.52. The number of anilines is 1. The molecule has 2 amide bonds. The summed E-state index contributed by atoms with van der Waals surface area (Å²) in [5.74, 6) is 3.30. The minimum absolute atomic E-state index is 0.00174. The fourth-order valence-electron chi connectivity index (χ4n) is 6.36. The molecule has 4 fully saturated rings. The highest BCUT2D eigenvalue weighted by Crippen LogP contribution is 2.61. The van der Waals surface area contributed by atoms with E-state index < -0.39 is 0 Å². The third kappa shape index (κ3) is 3.04. The normalized spacial score (nSPS) is 34.3. The molecule has 0 atom stereocenters. The summed E-state index contributed by atoms with van der Waals surface area (Å²) in [6.45, 7) is 0.767. The van der Waals surface area contributed by atoms with Crippen LogP contribution in [0.25, 0.3) is 0 Å². The second kappa shape index (κ2) is 6.29. The molecule has 0 aromatic heterocycles. The van der Waals surface area contributed by atoms with Gasteiger partial charge >= 0.3 is 0 Å². The maximum atomic E-state index is 12.6. The third-order valence-electron chi connectivity index (χ3n) is 6.98. The Morgan fingerprint density at radius 1 is 1.15 bits per heavy atom. The fourth-order valence-corrected chi connectivity index (χ4v) is 7.15. The molecule has 5 heteroatoms. The summed E-state index contributed by atoms with van der Waals surface area (Å²) in [5.41, 5.74) is 1.90. The first-order valence-corrected chi connectivity index (χ1v) is 10.9. The lowest BCUT2D eigenvalue weighted by Gasteiger charge is -2.57. The Kier molecular flexibility index (Phi) is 4.03. The van der Waals surface area contributed by atoms with E-state index in [0.29, 0.717) is 16.7 Å². The van der Waals surface area contributed by atoms with Gasteiger partial charge in [-0.2, -0.15) is 0 Å². The lowest BCUT2D eigenvalue weighted by Crippen LogP contribution is -2.47. The molecule has 1 aromatic carbocycles. The van der Waals surface area contributed by atoms with Gasteiger partial charge in [0.25, 0.3) is 5.91 Å². The Bertz CT molecular complexity index is 725. The summed E-state index contributed by atoms with van der Waals surface area (Å²) in [6, 6.07) is 5.61. The number of rotatable bonds is 4. The molecule has 4 nitrogen and oxygen atoms in total. The van der Waals surface area contributed by atoms with E-state index in [1.165, 1.54) is 50.3 Å². The van der Waals surface area contributed by atoms with Gasteiger partial charge in [-0.1, -0.05) is 0 Å². The molecule has 0 spiro atoms. The van der Waals surface area contributed by atoms with E-state index in [1.54, 1.807) is 6.07 Å². The first-order valence-electron chi connectivity index (χ1n) is 9.93. The molecule has 2 N–H and O–H groups in total. The molecule has 1 aliphatic heterocycles. The maximum Gasteiger partial charge on any atom is 0.251 e. The number of carbonyl (C=O) groups excluding carboxylic acids is 2. The SMILES string of the molecule is O=C1CSc2ccc(C(=O)NCCC34CC5CC(CC(C5)C3)C4)cc2N1. The highest BCUT2D eigenvalue weighted by atomic mass is 32.2. The van der Waals surface area contributed by atoms with E-state index in [-0.39, 0.29) is 11.8 Å². The number of thioether (sulfide) groups is 1. The number of amides is 2. The predicted octanol–water partition coefficient (Wildman–Crippen LogP) is 4.07. The van der Waals surface area contributed by atoms with Crippen LogP contribution < -0.4 is 10.6 Å². The fraction of sp³-hybridized carbons (Fsp3) is 0.619. The first-order chi connectivity index (χ1) is 12.6. The average molecular weight is 371 g/mol. The van der Waals surface area contributed by atoms with Crippen LogP contribution in [0, 0.1) is 23.2 Å². The zero-order valence-corrected chi connectivity index (χ0v) is 15.9. The van der Waals surface area contributed by atoms with Gasteiger partial charge < -0.3 is 10.6 Å². The maximum absolute atomic E-state index is 12.6. The monoisotopic (exact) mass is 370 g/mol. The Hall–Kier alpha value is -1.49. The summed E-state index contributed by atoms with van der Waals surface area (Å²) in [4.78, 5) is 25.2. The Morgan fingerprint density at radius 3 is 2.54 bits per heavy atom. The van der Waals surface area contributed by atoms with Crippen LogP contribution in [0.15, 0.2) is 23.1 Å². The van der Waals surface area contributed by atoms with E-state index in [1.807, 2.05) is 12.1 Å². The molecule has 0 unspecified atom stereocenters. The Labute approximate surface area is 158 Å². The van der Waals surface area contributed by atoms with Crippen molar-refractivity contribution in [3.63, 3.8) is 0 Å². The number of carbonyl (C=O) groups is 2. The summed E-state index contributed by atoms with van der Waals surface area (Å²) in [7, 11) is 0. The van der Waals surface area contributed by atoms with Gasteiger partial charge in [-0.05, 0) is 86.3 Å². The van der Waals surface area contributed by atoms with Crippen molar-refractivity contribution >= 4 is 29.3 Å². The third-order valence-corrected chi connectivity index (χ3v) is 8.05. The van der Waals surface area contributed by atoms with Crippen molar-refractivity contribution in [1.82, 2.24) is 5.32 Å². The molecule has 1 aromatic rings. The standard InChI is InChI=1S/C21H26N2O2S/c24-19-12-26-18-2-1-16(8-17(18)23-19)20(25)22-4-3-21-9-13-5-14(10-21)7-15(6-13)11-21/h1-2,8,13-15H,3-7,9-12H2,(H,22,25)(H,23,24). The Balaban J connectivity index is 1.20. The molecule has 0 radical (unpaired) electrons. The van der Waals surface area contributed by atoms with Crippen LogP contribution >= 0.6 is 11.8 Å². The Morgan fingerprint density at radius 2 is 1.85 bits per heavy atom. The number of nitrogens with one attached hydrogen (secondary N) is 2. The van der Waals surface area contributed by atoms with Gasteiger partial charge in [-0.3, -0.25) is 9.59 Å². The van der Waals surface area contributed by atoms with Crippen molar-refractivity contribution in [1.29, 1.82) is 0 Å². The predicted molar refractivity (Wildman–Crippen MR) is 103 cm³/mol. The van der Waals surface area contributed by atoms with Crippen molar-refractivity contribution in [2.75, 3.05) is 17.6 Å².